The monoisotopic (exact) mass is 289 g/mol. The lowest BCUT2D eigenvalue weighted by Crippen LogP contribution is -2.33. The normalized spacial score (nSPS) is 21.5. The molecular formula is C15H23N5O. The molecule has 1 aliphatic heterocycles. The van der Waals surface area contributed by atoms with Gasteiger partial charge in [0.15, 0.2) is 17.0 Å². The van der Waals surface area contributed by atoms with Crippen LogP contribution >= 0.6 is 0 Å². The van der Waals surface area contributed by atoms with E-state index in [9.17, 15) is 5.11 Å². The predicted molar refractivity (Wildman–Crippen MR) is 82.3 cm³/mol. The SMILES string of the molecule is CC1CCCCCN1c1ncnc2c1ncn2C[C@@H](C)O. The van der Waals surface area contributed by atoms with E-state index in [-0.39, 0.29) is 0 Å². The van der Waals surface area contributed by atoms with Crippen molar-refractivity contribution in [2.75, 3.05) is 11.4 Å². The van der Waals surface area contributed by atoms with Crippen LogP contribution in [0.15, 0.2) is 12.7 Å². The molecular weight excluding hydrogens is 266 g/mol. The molecule has 0 amide bonds. The van der Waals surface area contributed by atoms with Crippen molar-refractivity contribution >= 4 is 17.0 Å². The average Bonchev–Trinajstić information content (AvgIpc) is 2.73. The van der Waals surface area contributed by atoms with Crippen molar-refractivity contribution < 1.29 is 5.11 Å². The largest absolute Gasteiger partial charge is 0.392 e. The van der Waals surface area contributed by atoms with Gasteiger partial charge >= 0.3 is 0 Å². The molecule has 6 nitrogen and oxygen atoms in total. The van der Waals surface area contributed by atoms with E-state index < -0.39 is 6.10 Å². The fraction of sp³-hybridized carbons (Fsp3) is 0.667. The highest BCUT2D eigenvalue weighted by atomic mass is 16.3. The molecule has 1 N–H and O–H groups in total. The molecule has 114 valence electrons. The third-order valence-electron chi connectivity index (χ3n) is 4.17. The molecule has 0 bridgehead atoms. The minimum atomic E-state index is -0.419. The lowest BCUT2D eigenvalue weighted by Gasteiger charge is -2.28. The molecule has 3 rings (SSSR count). The molecule has 0 saturated carbocycles. The maximum absolute atomic E-state index is 9.58. The summed E-state index contributed by atoms with van der Waals surface area (Å²) in [6, 6.07) is 0.479. The molecule has 0 aromatic carbocycles. The summed E-state index contributed by atoms with van der Waals surface area (Å²) in [6.07, 6.45) is 7.89. The minimum absolute atomic E-state index is 0.419. The summed E-state index contributed by atoms with van der Waals surface area (Å²) >= 11 is 0. The smallest absolute Gasteiger partial charge is 0.165 e. The van der Waals surface area contributed by atoms with Crippen molar-refractivity contribution in [3.63, 3.8) is 0 Å². The van der Waals surface area contributed by atoms with Crippen molar-refractivity contribution in [1.29, 1.82) is 0 Å². The quantitative estimate of drug-likeness (QED) is 0.935. The molecule has 2 aromatic rings. The van der Waals surface area contributed by atoms with Crippen molar-refractivity contribution in [2.24, 2.45) is 0 Å². The molecule has 0 aliphatic carbocycles. The Labute approximate surface area is 124 Å². The van der Waals surface area contributed by atoms with Crippen LogP contribution in [0.4, 0.5) is 5.82 Å². The van der Waals surface area contributed by atoms with E-state index in [2.05, 4.69) is 26.8 Å². The Balaban J connectivity index is 2.00. The highest BCUT2D eigenvalue weighted by molar-refractivity contribution is 5.83. The third-order valence-corrected chi connectivity index (χ3v) is 4.17. The first-order valence-electron chi connectivity index (χ1n) is 7.77. The molecule has 21 heavy (non-hydrogen) atoms. The summed E-state index contributed by atoms with van der Waals surface area (Å²) in [5.74, 6) is 0.929. The van der Waals surface area contributed by atoms with Crippen molar-refractivity contribution in [3.8, 4) is 0 Å². The molecule has 6 heteroatoms. The molecule has 1 saturated heterocycles. The lowest BCUT2D eigenvalue weighted by molar-refractivity contribution is 0.175. The minimum Gasteiger partial charge on any atom is -0.392 e. The molecule has 0 radical (unpaired) electrons. The third kappa shape index (κ3) is 2.85. The van der Waals surface area contributed by atoms with Crippen molar-refractivity contribution in [1.82, 2.24) is 19.5 Å². The number of hydrogen-bond acceptors (Lipinski definition) is 5. The van der Waals surface area contributed by atoms with Crippen LogP contribution in [-0.2, 0) is 6.54 Å². The van der Waals surface area contributed by atoms with E-state index in [1.165, 1.54) is 25.7 Å². The highest BCUT2D eigenvalue weighted by Crippen LogP contribution is 2.27. The zero-order valence-corrected chi connectivity index (χ0v) is 12.7. The van der Waals surface area contributed by atoms with Gasteiger partial charge in [0.25, 0.3) is 0 Å². The number of aromatic nitrogens is 4. The van der Waals surface area contributed by atoms with Crippen LogP contribution in [0, 0.1) is 0 Å². The van der Waals surface area contributed by atoms with Gasteiger partial charge in [0.2, 0.25) is 0 Å². The van der Waals surface area contributed by atoms with E-state index in [1.807, 2.05) is 4.57 Å². The second kappa shape index (κ2) is 5.97. The molecule has 1 fully saturated rings. The summed E-state index contributed by atoms with van der Waals surface area (Å²) in [4.78, 5) is 15.7. The van der Waals surface area contributed by atoms with Crippen molar-refractivity contribution in [2.45, 2.75) is 58.2 Å². The Morgan fingerprint density at radius 3 is 2.95 bits per heavy atom. The summed E-state index contributed by atoms with van der Waals surface area (Å²) in [5, 5.41) is 9.58. The van der Waals surface area contributed by atoms with Gasteiger partial charge in [-0.05, 0) is 26.7 Å². The zero-order chi connectivity index (χ0) is 14.8. The standard InChI is InChI=1S/C15H23N5O/c1-11-6-4-3-5-7-20(11)15-13-14(16-9-17-15)19(10-18-13)8-12(2)21/h9-12,21H,3-8H2,1-2H3/t11?,12-/m1/s1. The maximum atomic E-state index is 9.58. The Morgan fingerprint density at radius 2 is 2.14 bits per heavy atom. The van der Waals surface area contributed by atoms with Gasteiger partial charge in [-0.1, -0.05) is 12.8 Å². The number of aliphatic hydroxyl groups excluding tert-OH is 1. The van der Waals surface area contributed by atoms with Gasteiger partial charge in [-0.2, -0.15) is 0 Å². The van der Waals surface area contributed by atoms with Crippen LogP contribution in [0.3, 0.4) is 0 Å². The number of aliphatic hydroxyl groups is 1. The summed E-state index contributed by atoms with van der Waals surface area (Å²) < 4.78 is 1.90. The van der Waals surface area contributed by atoms with Crippen LogP contribution in [0.25, 0.3) is 11.2 Å². The van der Waals surface area contributed by atoms with Crippen LogP contribution in [-0.4, -0.2) is 43.3 Å². The number of rotatable bonds is 3. The Kier molecular flexibility index (Phi) is 4.05. The van der Waals surface area contributed by atoms with E-state index in [0.29, 0.717) is 12.6 Å². The van der Waals surface area contributed by atoms with Gasteiger partial charge in [-0.3, -0.25) is 0 Å². The number of imidazole rings is 1. The number of anilines is 1. The summed E-state index contributed by atoms with van der Waals surface area (Å²) in [5.41, 5.74) is 1.64. The highest BCUT2D eigenvalue weighted by Gasteiger charge is 2.22. The van der Waals surface area contributed by atoms with E-state index >= 15 is 0 Å². The second-order valence-electron chi connectivity index (χ2n) is 6.01. The maximum Gasteiger partial charge on any atom is 0.165 e. The molecule has 2 atom stereocenters. The molecule has 2 aromatic heterocycles. The number of nitrogens with zero attached hydrogens (tertiary/aromatic N) is 5. The first-order valence-corrected chi connectivity index (χ1v) is 7.77. The van der Waals surface area contributed by atoms with Gasteiger partial charge in [0.1, 0.15) is 6.33 Å². The number of hydrogen-bond donors (Lipinski definition) is 1. The molecule has 1 aliphatic rings. The van der Waals surface area contributed by atoms with E-state index in [0.717, 1.165) is 23.5 Å². The fourth-order valence-electron chi connectivity index (χ4n) is 3.09. The van der Waals surface area contributed by atoms with Crippen LogP contribution < -0.4 is 4.90 Å². The fourth-order valence-corrected chi connectivity index (χ4v) is 3.09. The Hall–Kier alpha value is -1.69. The van der Waals surface area contributed by atoms with Crippen LogP contribution in [0.5, 0.6) is 0 Å². The predicted octanol–water partition coefficient (Wildman–Crippen LogP) is 1.98. The average molecular weight is 289 g/mol. The molecule has 1 unspecified atom stereocenters. The van der Waals surface area contributed by atoms with Gasteiger partial charge in [-0.25, -0.2) is 15.0 Å². The summed E-state index contributed by atoms with van der Waals surface area (Å²) in [6.45, 7) is 5.55. The first kappa shape index (κ1) is 14.3. The van der Waals surface area contributed by atoms with Gasteiger partial charge in [0.05, 0.1) is 19.0 Å². The zero-order valence-electron chi connectivity index (χ0n) is 12.7. The molecule has 3 heterocycles. The van der Waals surface area contributed by atoms with Crippen LogP contribution in [0.2, 0.25) is 0 Å². The van der Waals surface area contributed by atoms with E-state index in [4.69, 9.17) is 0 Å². The molecule has 0 spiro atoms. The van der Waals surface area contributed by atoms with Crippen molar-refractivity contribution in [3.05, 3.63) is 12.7 Å². The summed E-state index contributed by atoms with van der Waals surface area (Å²) in [7, 11) is 0. The second-order valence-corrected chi connectivity index (χ2v) is 6.01. The van der Waals surface area contributed by atoms with E-state index in [1.54, 1.807) is 19.6 Å². The van der Waals surface area contributed by atoms with Gasteiger partial charge in [0, 0.05) is 12.6 Å². The Morgan fingerprint density at radius 1 is 1.29 bits per heavy atom. The van der Waals surface area contributed by atoms with Crippen LogP contribution in [0.1, 0.15) is 39.5 Å². The number of fused-ring (bicyclic) bond motifs is 1. The topological polar surface area (TPSA) is 67.1 Å². The lowest BCUT2D eigenvalue weighted by atomic mass is 10.1. The van der Waals surface area contributed by atoms with Gasteiger partial charge < -0.3 is 14.6 Å². The van der Waals surface area contributed by atoms with Gasteiger partial charge in [-0.15, -0.1) is 0 Å². The first-order chi connectivity index (χ1) is 10.2. The Bertz CT molecular complexity index is 609.